The fraction of sp³-hybridized carbons (Fsp3) is 0.333. The van der Waals surface area contributed by atoms with Crippen molar-refractivity contribution < 1.29 is 4.79 Å². The Labute approximate surface area is 191 Å². The molecular weight excluding hydrogens is 420 g/mol. The average molecular weight is 447 g/mol. The highest BCUT2D eigenvalue weighted by atomic mass is 32.1. The summed E-state index contributed by atoms with van der Waals surface area (Å²) in [5.41, 5.74) is 5.29. The summed E-state index contributed by atoms with van der Waals surface area (Å²) < 4.78 is 1.09. The van der Waals surface area contributed by atoms with Crippen LogP contribution in [0.4, 0.5) is 11.6 Å². The molecule has 32 heavy (non-hydrogen) atoms. The van der Waals surface area contributed by atoms with Crippen LogP contribution in [0.5, 0.6) is 0 Å². The van der Waals surface area contributed by atoms with E-state index < -0.39 is 0 Å². The number of thiazole rings is 1. The molecule has 8 heteroatoms. The molecule has 7 nitrogen and oxygen atoms in total. The second-order valence-electron chi connectivity index (χ2n) is 8.44. The van der Waals surface area contributed by atoms with Gasteiger partial charge in [-0.15, -0.1) is 11.3 Å². The number of benzene rings is 2. The SMILES string of the molecule is CC(=O)N1CCN(Cc2nc3ccc4cnc(Nc5cc(C)cc(C)c5)nc4c3s2)CC1. The molecule has 1 fully saturated rings. The van der Waals surface area contributed by atoms with Gasteiger partial charge in [-0.05, 0) is 49.2 Å². The third-order valence-corrected chi connectivity index (χ3v) is 6.87. The van der Waals surface area contributed by atoms with Crippen LogP contribution in [0.1, 0.15) is 23.1 Å². The van der Waals surface area contributed by atoms with Crippen LogP contribution in [0.25, 0.3) is 21.1 Å². The molecule has 0 spiro atoms. The molecule has 2 aromatic carbocycles. The number of rotatable bonds is 4. The molecule has 2 aromatic heterocycles. The van der Waals surface area contributed by atoms with Gasteiger partial charge in [-0.25, -0.2) is 15.0 Å². The summed E-state index contributed by atoms with van der Waals surface area (Å²) in [6.07, 6.45) is 1.87. The van der Waals surface area contributed by atoms with Gasteiger partial charge in [-0.2, -0.15) is 0 Å². The number of nitrogens with zero attached hydrogens (tertiary/aromatic N) is 5. The first-order chi connectivity index (χ1) is 15.4. The molecular formula is C24H26N6OS. The number of hydrogen-bond donors (Lipinski definition) is 1. The number of fused-ring (bicyclic) bond motifs is 3. The summed E-state index contributed by atoms with van der Waals surface area (Å²) >= 11 is 1.70. The summed E-state index contributed by atoms with van der Waals surface area (Å²) in [5, 5.41) is 5.43. The van der Waals surface area contributed by atoms with Crippen molar-refractivity contribution in [3.8, 4) is 0 Å². The Bertz CT molecular complexity index is 1290. The highest BCUT2D eigenvalue weighted by molar-refractivity contribution is 7.19. The smallest absolute Gasteiger partial charge is 0.227 e. The predicted octanol–water partition coefficient (Wildman–Crippen LogP) is 4.26. The molecule has 164 valence electrons. The van der Waals surface area contributed by atoms with Crippen molar-refractivity contribution in [2.75, 3.05) is 31.5 Å². The minimum Gasteiger partial charge on any atom is -0.340 e. The molecule has 1 N–H and O–H groups in total. The lowest BCUT2D eigenvalue weighted by molar-refractivity contribution is -0.130. The number of amides is 1. The lowest BCUT2D eigenvalue weighted by Gasteiger charge is -2.33. The summed E-state index contributed by atoms with van der Waals surface area (Å²) in [6, 6.07) is 10.4. The summed E-state index contributed by atoms with van der Waals surface area (Å²) in [4.78, 5) is 30.0. The first kappa shape index (κ1) is 20.8. The van der Waals surface area contributed by atoms with Gasteiger partial charge in [-0.3, -0.25) is 9.69 Å². The standard InChI is InChI=1S/C24H26N6OS/c1-15-10-16(2)12-19(11-15)26-24-25-13-18-4-5-20-23(22(18)28-24)32-21(27-20)14-29-6-8-30(9-7-29)17(3)31/h4-5,10-13H,6-9,14H2,1-3H3,(H,25,26,28). The molecule has 1 amide bonds. The fourth-order valence-electron chi connectivity index (χ4n) is 4.24. The van der Waals surface area contributed by atoms with Crippen LogP contribution in [-0.4, -0.2) is 56.8 Å². The van der Waals surface area contributed by atoms with Gasteiger partial charge in [-0.1, -0.05) is 6.07 Å². The van der Waals surface area contributed by atoms with Gasteiger partial charge in [0.1, 0.15) is 5.01 Å². The van der Waals surface area contributed by atoms with E-state index in [9.17, 15) is 4.79 Å². The first-order valence-corrected chi connectivity index (χ1v) is 11.6. The molecule has 0 aliphatic carbocycles. The second-order valence-corrected chi connectivity index (χ2v) is 9.52. The van der Waals surface area contributed by atoms with Crippen LogP contribution in [0, 0.1) is 13.8 Å². The van der Waals surface area contributed by atoms with Crippen LogP contribution in [-0.2, 0) is 11.3 Å². The molecule has 4 aromatic rings. The maximum atomic E-state index is 11.6. The molecule has 1 aliphatic rings. The zero-order valence-corrected chi connectivity index (χ0v) is 19.4. The van der Waals surface area contributed by atoms with Gasteiger partial charge in [0.25, 0.3) is 0 Å². The predicted molar refractivity (Wildman–Crippen MR) is 129 cm³/mol. The Morgan fingerprint density at radius 2 is 1.81 bits per heavy atom. The monoisotopic (exact) mass is 446 g/mol. The number of nitrogens with one attached hydrogen (secondary N) is 1. The van der Waals surface area contributed by atoms with Gasteiger partial charge in [0.15, 0.2) is 0 Å². The van der Waals surface area contributed by atoms with E-state index in [-0.39, 0.29) is 5.91 Å². The average Bonchev–Trinajstić information content (AvgIpc) is 3.16. The van der Waals surface area contributed by atoms with Crippen molar-refractivity contribution in [2.24, 2.45) is 0 Å². The topological polar surface area (TPSA) is 74.2 Å². The van der Waals surface area contributed by atoms with Crippen molar-refractivity contribution in [3.63, 3.8) is 0 Å². The maximum Gasteiger partial charge on any atom is 0.227 e. The number of piperazine rings is 1. The Morgan fingerprint density at radius 3 is 2.53 bits per heavy atom. The molecule has 1 saturated heterocycles. The molecule has 0 saturated carbocycles. The third kappa shape index (κ3) is 4.28. The number of carbonyl (C=O) groups is 1. The number of aryl methyl sites for hydroxylation is 2. The van der Waals surface area contributed by atoms with E-state index in [4.69, 9.17) is 9.97 Å². The van der Waals surface area contributed by atoms with Crippen molar-refractivity contribution in [2.45, 2.75) is 27.3 Å². The van der Waals surface area contributed by atoms with Gasteiger partial charge < -0.3 is 10.2 Å². The van der Waals surface area contributed by atoms with Crippen molar-refractivity contribution >= 4 is 50.0 Å². The molecule has 0 bridgehead atoms. The van der Waals surface area contributed by atoms with Crippen LogP contribution in [0.2, 0.25) is 0 Å². The Morgan fingerprint density at radius 1 is 1.06 bits per heavy atom. The quantitative estimate of drug-likeness (QED) is 0.505. The third-order valence-electron chi connectivity index (χ3n) is 5.80. The fourth-order valence-corrected chi connectivity index (χ4v) is 5.35. The Hall–Kier alpha value is -3.10. The Kier molecular flexibility index (Phi) is 5.48. The maximum absolute atomic E-state index is 11.6. The zero-order chi connectivity index (χ0) is 22.2. The van der Waals surface area contributed by atoms with Crippen LogP contribution in [0.15, 0.2) is 36.5 Å². The first-order valence-electron chi connectivity index (χ1n) is 10.8. The van der Waals surface area contributed by atoms with Crippen molar-refractivity contribution in [3.05, 3.63) is 52.7 Å². The minimum absolute atomic E-state index is 0.154. The summed E-state index contributed by atoms with van der Waals surface area (Å²) in [6.45, 7) is 9.92. The molecule has 0 atom stereocenters. The van der Waals surface area contributed by atoms with E-state index in [1.54, 1.807) is 18.3 Å². The van der Waals surface area contributed by atoms with Gasteiger partial charge >= 0.3 is 0 Å². The van der Waals surface area contributed by atoms with Gasteiger partial charge in [0.2, 0.25) is 11.9 Å². The van der Waals surface area contributed by atoms with Crippen molar-refractivity contribution in [1.29, 1.82) is 0 Å². The lowest BCUT2D eigenvalue weighted by atomic mass is 10.1. The van der Waals surface area contributed by atoms with Crippen LogP contribution >= 0.6 is 11.3 Å². The van der Waals surface area contributed by atoms with Crippen LogP contribution < -0.4 is 5.32 Å². The van der Waals surface area contributed by atoms with Gasteiger partial charge in [0.05, 0.1) is 22.3 Å². The molecule has 0 unspecified atom stereocenters. The largest absolute Gasteiger partial charge is 0.340 e. The van der Waals surface area contributed by atoms with Crippen molar-refractivity contribution in [1.82, 2.24) is 24.8 Å². The summed E-state index contributed by atoms with van der Waals surface area (Å²) in [7, 11) is 0. The molecule has 5 rings (SSSR count). The Balaban J connectivity index is 1.40. The highest BCUT2D eigenvalue weighted by Gasteiger charge is 2.20. The normalized spacial score (nSPS) is 14.9. The zero-order valence-electron chi connectivity index (χ0n) is 18.6. The molecule has 0 radical (unpaired) electrons. The number of anilines is 2. The van der Waals surface area contributed by atoms with E-state index in [1.165, 1.54) is 11.1 Å². The van der Waals surface area contributed by atoms with E-state index in [2.05, 4.69) is 47.2 Å². The summed E-state index contributed by atoms with van der Waals surface area (Å²) in [5.74, 6) is 0.742. The van der Waals surface area contributed by atoms with E-state index >= 15 is 0 Å². The van der Waals surface area contributed by atoms with Gasteiger partial charge in [0, 0.05) is 50.4 Å². The number of hydrogen-bond acceptors (Lipinski definition) is 7. The highest BCUT2D eigenvalue weighted by Crippen LogP contribution is 2.30. The lowest BCUT2D eigenvalue weighted by Crippen LogP contribution is -2.47. The van der Waals surface area contributed by atoms with E-state index in [1.807, 2.05) is 23.2 Å². The second kappa shape index (κ2) is 8.44. The van der Waals surface area contributed by atoms with E-state index in [0.717, 1.165) is 64.5 Å². The number of aromatic nitrogens is 3. The minimum atomic E-state index is 0.154. The van der Waals surface area contributed by atoms with E-state index in [0.29, 0.717) is 5.95 Å². The number of carbonyl (C=O) groups excluding carboxylic acids is 1. The molecule has 1 aliphatic heterocycles. The van der Waals surface area contributed by atoms with Crippen LogP contribution in [0.3, 0.4) is 0 Å². The molecule has 3 heterocycles.